The number of hydrogen-bond acceptors (Lipinski definition) is 6. The molecular formula is C12H20O6S2. The first-order chi connectivity index (χ1) is 9.33. The van der Waals surface area contributed by atoms with E-state index in [1.165, 1.54) is 24.3 Å². The predicted octanol–water partition coefficient (Wildman–Crippen LogP) is 2.08. The Hall–Kier alpha value is -0.960. The molecule has 0 saturated heterocycles. The van der Waals surface area contributed by atoms with Gasteiger partial charge in [-0.3, -0.25) is 8.37 Å². The smallest absolute Gasteiger partial charge is 0.263 e. The fourth-order valence-electron chi connectivity index (χ4n) is 0.911. The minimum atomic E-state index is -3.67. The van der Waals surface area contributed by atoms with Crippen molar-refractivity contribution in [3.8, 4) is 0 Å². The molecule has 8 heteroatoms. The summed E-state index contributed by atoms with van der Waals surface area (Å²) in [5.74, 6) is 0. The second kappa shape index (κ2) is 9.87. The van der Waals surface area contributed by atoms with Gasteiger partial charge >= 0.3 is 0 Å². The number of rotatable bonds is 10. The number of hydrogen-bond donors (Lipinski definition) is 0. The average Bonchev–Trinajstić information content (AvgIpc) is 2.38. The molecule has 0 saturated carbocycles. The summed E-state index contributed by atoms with van der Waals surface area (Å²) in [5.41, 5.74) is 0. The quantitative estimate of drug-likeness (QED) is 0.452. The molecule has 0 aliphatic carbocycles. The molecule has 20 heavy (non-hydrogen) atoms. The Morgan fingerprint density at radius 3 is 1.35 bits per heavy atom. The van der Waals surface area contributed by atoms with E-state index in [0.29, 0.717) is 12.8 Å². The third-order valence-electron chi connectivity index (χ3n) is 1.82. The van der Waals surface area contributed by atoms with E-state index in [1.807, 2.05) is 0 Å². The van der Waals surface area contributed by atoms with Crippen LogP contribution in [0.15, 0.2) is 35.1 Å². The van der Waals surface area contributed by atoms with E-state index >= 15 is 0 Å². The third kappa shape index (κ3) is 10.9. The molecule has 116 valence electrons. The van der Waals surface area contributed by atoms with Gasteiger partial charge in [0.15, 0.2) is 0 Å². The Balaban J connectivity index is 4.06. The van der Waals surface area contributed by atoms with Crippen LogP contribution < -0.4 is 0 Å². The van der Waals surface area contributed by atoms with Crippen LogP contribution in [0.5, 0.6) is 0 Å². The average molecular weight is 324 g/mol. The van der Waals surface area contributed by atoms with E-state index < -0.39 is 20.2 Å². The van der Waals surface area contributed by atoms with Gasteiger partial charge in [0.1, 0.15) is 0 Å². The molecule has 0 radical (unpaired) electrons. The summed E-state index contributed by atoms with van der Waals surface area (Å²) in [5, 5.41) is 1.97. The lowest BCUT2D eigenvalue weighted by molar-refractivity contribution is 0.352. The van der Waals surface area contributed by atoms with Gasteiger partial charge in [0.05, 0.1) is 24.0 Å². The van der Waals surface area contributed by atoms with Crippen LogP contribution in [0.2, 0.25) is 0 Å². The first-order valence-electron chi connectivity index (χ1n) is 6.10. The summed E-state index contributed by atoms with van der Waals surface area (Å²) < 4.78 is 54.1. The molecule has 0 aromatic rings. The second-order valence-corrected chi connectivity index (χ2v) is 6.57. The van der Waals surface area contributed by atoms with Crippen LogP contribution in [0.4, 0.5) is 0 Å². The molecule has 0 aliphatic heterocycles. The summed E-state index contributed by atoms with van der Waals surface area (Å²) in [6, 6.07) is 0. The molecule has 0 rings (SSSR count). The van der Waals surface area contributed by atoms with Gasteiger partial charge < -0.3 is 0 Å². The van der Waals surface area contributed by atoms with Gasteiger partial charge in [0.25, 0.3) is 20.2 Å². The van der Waals surface area contributed by atoms with Crippen molar-refractivity contribution < 1.29 is 25.2 Å². The zero-order chi connectivity index (χ0) is 15.5. The minimum absolute atomic E-state index is 0.176. The van der Waals surface area contributed by atoms with E-state index in [4.69, 9.17) is 0 Å². The van der Waals surface area contributed by atoms with Crippen molar-refractivity contribution >= 4 is 20.2 Å². The lowest BCUT2D eigenvalue weighted by Crippen LogP contribution is -2.03. The Kier molecular flexibility index (Phi) is 9.39. The topological polar surface area (TPSA) is 86.7 Å². The molecule has 0 fully saturated rings. The molecule has 0 aliphatic rings. The standard InChI is InChI=1S/C12H20O6S2/c1-3-5-11-19(13,14)17-9-7-8-10-18-20(15,16)12-6-4-2/h5-8,11-12H,3-4,9-10H2,1-2H3. The maximum Gasteiger partial charge on any atom is 0.290 e. The highest BCUT2D eigenvalue weighted by Gasteiger charge is 2.04. The van der Waals surface area contributed by atoms with Gasteiger partial charge in [0.2, 0.25) is 0 Å². The predicted molar refractivity (Wildman–Crippen MR) is 77.7 cm³/mol. The molecule has 0 bridgehead atoms. The first kappa shape index (κ1) is 19.0. The molecule has 0 N–H and O–H groups in total. The zero-order valence-corrected chi connectivity index (χ0v) is 13.2. The Morgan fingerprint density at radius 2 is 1.05 bits per heavy atom. The summed E-state index contributed by atoms with van der Waals surface area (Å²) in [6.45, 7) is 3.25. The van der Waals surface area contributed by atoms with Gasteiger partial charge in [-0.2, -0.15) is 16.8 Å². The zero-order valence-electron chi connectivity index (χ0n) is 11.6. The molecule has 0 heterocycles. The monoisotopic (exact) mass is 324 g/mol. The van der Waals surface area contributed by atoms with E-state index in [-0.39, 0.29) is 13.2 Å². The van der Waals surface area contributed by atoms with E-state index in [0.717, 1.165) is 10.8 Å². The van der Waals surface area contributed by atoms with E-state index in [1.54, 1.807) is 13.8 Å². The number of allylic oxidation sites excluding steroid dienone is 2. The molecule has 0 aromatic carbocycles. The van der Waals surface area contributed by atoms with Gasteiger partial charge in [-0.1, -0.05) is 38.2 Å². The van der Waals surface area contributed by atoms with Crippen molar-refractivity contribution in [2.45, 2.75) is 26.7 Å². The fourth-order valence-corrected chi connectivity index (χ4v) is 2.46. The maximum absolute atomic E-state index is 11.2. The van der Waals surface area contributed by atoms with Crippen LogP contribution in [0.25, 0.3) is 0 Å². The van der Waals surface area contributed by atoms with Crippen LogP contribution in [0.3, 0.4) is 0 Å². The molecule has 0 atom stereocenters. The van der Waals surface area contributed by atoms with Gasteiger partial charge in [-0.15, -0.1) is 0 Å². The summed E-state index contributed by atoms with van der Waals surface area (Å²) in [6.07, 6.45) is 6.86. The molecule has 0 aromatic heterocycles. The van der Waals surface area contributed by atoms with E-state index in [2.05, 4.69) is 8.37 Å². The van der Waals surface area contributed by atoms with Crippen LogP contribution in [-0.2, 0) is 28.6 Å². The summed E-state index contributed by atoms with van der Waals surface area (Å²) in [4.78, 5) is 0. The molecule has 6 nitrogen and oxygen atoms in total. The van der Waals surface area contributed by atoms with Crippen molar-refractivity contribution in [3.63, 3.8) is 0 Å². The molecular weight excluding hydrogens is 304 g/mol. The summed E-state index contributed by atoms with van der Waals surface area (Å²) >= 11 is 0. The fraction of sp³-hybridized carbons (Fsp3) is 0.500. The van der Waals surface area contributed by atoms with Crippen LogP contribution in [0, 0.1) is 0 Å². The molecule has 0 spiro atoms. The Morgan fingerprint density at radius 1 is 0.700 bits per heavy atom. The normalized spacial score (nSPS) is 13.9. The van der Waals surface area contributed by atoms with E-state index in [9.17, 15) is 16.8 Å². The van der Waals surface area contributed by atoms with Crippen molar-refractivity contribution in [2.75, 3.05) is 13.2 Å². The second-order valence-electron chi connectivity index (χ2n) is 3.59. The Labute approximate surface area is 121 Å². The van der Waals surface area contributed by atoms with Crippen molar-refractivity contribution in [3.05, 3.63) is 35.1 Å². The summed E-state index contributed by atoms with van der Waals surface area (Å²) in [7, 11) is -7.35. The van der Waals surface area contributed by atoms with Gasteiger partial charge in [0, 0.05) is 0 Å². The largest absolute Gasteiger partial charge is 0.290 e. The van der Waals surface area contributed by atoms with Gasteiger partial charge in [-0.05, 0) is 12.8 Å². The Bertz CT molecular complexity index is 490. The van der Waals surface area contributed by atoms with Crippen molar-refractivity contribution in [1.29, 1.82) is 0 Å². The highest BCUT2D eigenvalue weighted by atomic mass is 32.2. The SMILES string of the molecule is CCC=CS(=O)(=O)OCC=CCOS(=O)(=O)C=CCC. The lowest BCUT2D eigenvalue weighted by Gasteiger charge is -1.98. The third-order valence-corrected chi connectivity index (χ3v) is 3.80. The highest BCUT2D eigenvalue weighted by Crippen LogP contribution is 1.99. The van der Waals surface area contributed by atoms with Crippen LogP contribution >= 0.6 is 0 Å². The molecule has 0 unspecified atom stereocenters. The van der Waals surface area contributed by atoms with Crippen molar-refractivity contribution in [1.82, 2.24) is 0 Å². The van der Waals surface area contributed by atoms with Crippen LogP contribution in [-0.4, -0.2) is 30.0 Å². The highest BCUT2D eigenvalue weighted by molar-refractivity contribution is 7.89. The van der Waals surface area contributed by atoms with Crippen molar-refractivity contribution in [2.24, 2.45) is 0 Å². The maximum atomic E-state index is 11.2. The molecule has 0 amide bonds. The first-order valence-corrected chi connectivity index (χ1v) is 9.04. The van der Waals surface area contributed by atoms with Crippen LogP contribution in [0.1, 0.15) is 26.7 Å². The lowest BCUT2D eigenvalue weighted by atomic mass is 10.5. The minimum Gasteiger partial charge on any atom is -0.263 e. The van der Waals surface area contributed by atoms with Gasteiger partial charge in [-0.25, -0.2) is 0 Å².